The van der Waals surface area contributed by atoms with Gasteiger partial charge in [0.2, 0.25) is 28.9 Å². The molecule has 1 heterocycles. The zero-order valence-corrected chi connectivity index (χ0v) is 26.9. The van der Waals surface area contributed by atoms with Crippen LogP contribution in [0.1, 0.15) is 49.8 Å². The van der Waals surface area contributed by atoms with Crippen LogP contribution in [-0.4, -0.2) is 81.6 Å². The van der Waals surface area contributed by atoms with E-state index in [9.17, 15) is 19.2 Å². The summed E-state index contributed by atoms with van der Waals surface area (Å²) in [5.41, 5.74) is 2.88. The van der Waals surface area contributed by atoms with E-state index in [1.165, 1.54) is 20.1 Å². The molecule has 0 aromatic heterocycles. The molecule has 12 heteroatoms. The fourth-order valence-electron chi connectivity index (χ4n) is 5.88. The van der Waals surface area contributed by atoms with E-state index in [1.807, 2.05) is 18.4 Å². The molecule has 1 aliphatic carbocycles. The first-order valence-electron chi connectivity index (χ1n) is 14.8. The second-order valence-corrected chi connectivity index (χ2v) is 11.9. The third kappa shape index (κ3) is 7.40. The Labute approximate surface area is 262 Å². The van der Waals surface area contributed by atoms with E-state index in [0.29, 0.717) is 66.5 Å². The fraction of sp³-hybridized carbons (Fsp3) is 0.500. The average molecular weight is 627 g/mol. The topological polar surface area (TPSA) is 135 Å². The van der Waals surface area contributed by atoms with E-state index in [4.69, 9.17) is 14.2 Å². The number of fused-ring (bicyclic) bond motifs is 3. The minimum Gasteiger partial charge on any atom is -0.493 e. The van der Waals surface area contributed by atoms with Crippen LogP contribution in [-0.2, 0) is 20.8 Å². The summed E-state index contributed by atoms with van der Waals surface area (Å²) in [5.74, 6) is 1.39. The number of anilines is 1. The molecule has 1 fully saturated rings. The minimum atomic E-state index is -0.735. The quantitative estimate of drug-likeness (QED) is 0.325. The van der Waals surface area contributed by atoms with Gasteiger partial charge in [-0.15, -0.1) is 0 Å². The van der Waals surface area contributed by atoms with Crippen molar-refractivity contribution in [2.24, 2.45) is 0 Å². The van der Waals surface area contributed by atoms with Crippen molar-refractivity contribution >= 4 is 35.2 Å². The first kappa shape index (κ1) is 33.0. The van der Waals surface area contributed by atoms with Crippen molar-refractivity contribution in [1.82, 2.24) is 15.5 Å². The van der Waals surface area contributed by atoms with Crippen LogP contribution in [0.5, 0.6) is 17.2 Å². The first-order chi connectivity index (χ1) is 21.2. The summed E-state index contributed by atoms with van der Waals surface area (Å²) in [7, 11) is 4.64. The Hall–Kier alpha value is -3.93. The first-order valence-corrected chi connectivity index (χ1v) is 16.2. The molecule has 2 aromatic carbocycles. The van der Waals surface area contributed by atoms with Crippen molar-refractivity contribution in [3.8, 4) is 28.4 Å². The van der Waals surface area contributed by atoms with Crippen LogP contribution in [0.3, 0.4) is 0 Å². The van der Waals surface area contributed by atoms with E-state index in [2.05, 4.69) is 16.0 Å². The predicted octanol–water partition coefficient (Wildman–Crippen LogP) is 3.14. The Morgan fingerprint density at radius 3 is 2.41 bits per heavy atom. The molecule has 3 N–H and O–H groups in total. The molecule has 0 spiro atoms. The van der Waals surface area contributed by atoms with Crippen LogP contribution in [0.2, 0.25) is 0 Å². The number of thioether (sulfide) groups is 1. The van der Waals surface area contributed by atoms with Gasteiger partial charge in [0.25, 0.3) is 0 Å². The van der Waals surface area contributed by atoms with Gasteiger partial charge in [0.05, 0.1) is 39.6 Å². The van der Waals surface area contributed by atoms with Crippen LogP contribution in [0.15, 0.2) is 29.1 Å². The van der Waals surface area contributed by atoms with Crippen LogP contribution < -0.4 is 35.6 Å². The molecule has 1 aliphatic heterocycles. The molecular formula is C32H42N4O7S. The zero-order valence-electron chi connectivity index (χ0n) is 26.0. The van der Waals surface area contributed by atoms with Crippen LogP contribution in [0.4, 0.5) is 5.69 Å². The Balaban J connectivity index is 1.75. The molecule has 11 nitrogen and oxygen atoms in total. The normalized spacial score (nSPS) is 16.1. The maximum Gasteiger partial charge on any atom is 0.242 e. The maximum atomic E-state index is 13.7. The number of aryl methyl sites for hydroxylation is 1. The molecule has 1 saturated heterocycles. The van der Waals surface area contributed by atoms with Gasteiger partial charge in [0.1, 0.15) is 6.04 Å². The van der Waals surface area contributed by atoms with Gasteiger partial charge in [0, 0.05) is 25.6 Å². The highest BCUT2D eigenvalue weighted by Crippen LogP contribution is 2.50. The molecule has 0 radical (unpaired) electrons. The summed E-state index contributed by atoms with van der Waals surface area (Å²) >= 11 is 1.59. The van der Waals surface area contributed by atoms with E-state index in [1.54, 1.807) is 36.9 Å². The third-order valence-electron chi connectivity index (χ3n) is 8.05. The molecule has 2 atom stereocenters. The lowest BCUT2D eigenvalue weighted by Crippen LogP contribution is -2.45. The minimum absolute atomic E-state index is 0.0857. The number of nitrogens with one attached hydrogen (secondary N) is 3. The monoisotopic (exact) mass is 626 g/mol. The van der Waals surface area contributed by atoms with Gasteiger partial charge >= 0.3 is 0 Å². The SMILES string of the molecule is COc1cc2c(c(OC)c1OC)-c1ccc(NC(CCSC)C(=O)NCC(=O)N3CCCC3)c(=O)cc1C(NC(C)=O)CC2. The largest absolute Gasteiger partial charge is 0.493 e. The number of benzene rings is 1. The molecule has 238 valence electrons. The number of hydrogen-bond acceptors (Lipinski definition) is 9. The Bertz CT molecular complexity index is 1440. The number of nitrogens with zero attached hydrogens (tertiary/aromatic N) is 1. The van der Waals surface area contributed by atoms with Gasteiger partial charge in [-0.2, -0.15) is 11.8 Å². The Morgan fingerprint density at radius 1 is 1.05 bits per heavy atom. The van der Waals surface area contributed by atoms with Crippen LogP contribution in [0, 0.1) is 0 Å². The number of rotatable bonds is 12. The molecule has 0 bridgehead atoms. The molecule has 3 amide bonds. The molecule has 2 aromatic rings. The molecule has 2 aliphatic rings. The van der Waals surface area contributed by atoms with Gasteiger partial charge in [0.15, 0.2) is 11.5 Å². The van der Waals surface area contributed by atoms with Crippen LogP contribution >= 0.6 is 11.8 Å². The summed E-state index contributed by atoms with van der Waals surface area (Å²) in [6.07, 6.45) is 5.46. The van der Waals surface area contributed by atoms with Gasteiger partial charge < -0.3 is 35.1 Å². The number of carbonyl (C=O) groups is 3. The number of carbonyl (C=O) groups excluding carboxylic acids is 3. The molecule has 4 rings (SSSR count). The lowest BCUT2D eigenvalue weighted by molar-refractivity contribution is -0.132. The second kappa shape index (κ2) is 15.2. The highest BCUT2D eigenvalue weighted by Gasteiger charge is 2.30. The van der Waals surface area contributed by atoms with Crippen LogP contribution in [0.25, 0.3) is 11.1 Å². The van der Waals surface area contributed by atoms with Crippen molar-refractivity contribution in [1.29, 1.82) is 0 Å². The van der Waals surface area contributed by atoms with Crippen molar-refractivity contribution in [2.45, 2.75) is 51.1 Å². The molecule has 44 heavy (non-hydrogen) atoms. The molecule has 2 unspecified atom stereocenters. The lowest BCUT2D eigenvalue weighted by atomic mass is 9.95. The number of amides is 3. The summed E-state index contributed by atoms with van der Waals surface area (Å²) in [6.45, 7) is 2.78. The standard InChI is InChI=1S/C32H42N4O7S/c1-19(37)34-23-10-8-20-16-27(41-2)30(42-3)31(43-4)29(20)21-9-11-24(26(38)17-22(21)23)35-25(12-15-44-5)32(40)33-18-28(39)36-13-6-7-14-36/h9,11,16-17,23,25H,6-8,10,12-15,18H2,1-5H3,(H,33,40)(H,34,37)(H,35,38). The third-order valence-corrected chi connectivity index (χ3v) is 8.69. The van der Waals surface area contributed by atoms with Crippen molar-refractivity contribution in [3.05, 3.63) is 45.6 Å². The van der Waals surface area contributed by atoms with Gasteiger partial charge in [-0.3, -0.25) is 19.2 Å². The fourth-order valence-corrected chi connectivity index (χ4v) is 6.35. The van der Waals surface area contributed by atoms with E-state index in [0.717, 1.165) is 24.0 Å². The maximum absolute atomic E-state index is 13.7. The predicted molar refractivity (Wildman–Crippen MR) is 172 cm³/mol. The van der Waals surface area contributed by atoms with Crippen molar-refractivity contribution in [2.75, 3.05) is 58.3 Å². The number of likely N-dealkylation sites (tertiary alicyclic amines) is 1. The number of ether oxygens (including phenoxy) is 3. The summed E-state index contributed by atoms with van der Waals surface area (Å²) in [6, 6.07) is 5.70. The van der Waals surface area contributed by atoms with Crippen molar-refractivity contribution < 1.29 is 28.6 Å². The lowest BCUT2D eigenvalue weighted by Gasteiger charge is -2.20. The summed E-state index contributed by atoms with van der Waals surface area (Å²) in [4.78, 5) is 53.6. The van der Waals surface area contributed by atoms with Gasteiger partial charge in [-0.05, 0) is 79.0 Å². The summed E-state index contributed by atoms with van der Waals surface area (Å²) < 4.78 is 17.1. The van der Waals surface area contributed by atoms with Gasteiger partial charge in [-0.25, -0.2) is 0 Å². The van der Waals surface area contributed by atoms with E-state index < -0.39 is 12.1 Å². The Kier molecular flexibility index (Phi) is 11.4. The summed E-state index contributed by atoms with van der Waals surface area (Å²) in [5, 5.41) is 8.92. The van der Waals surface area contributed by atoms with E-state index in [-0.39, 0.29) is 35.4 Å². The zero-order chi connectivity index (χ0) is 31.8. The van der Waals surface area contributed by atoms with Gasteiger partial charge in [-0.1, -0.05) is 6.07 Å². The smallest absolute Gasteiger partial charge is 0.242 e. The molecule has 0 saturated carbocycles. The molecular weight excluding hydrogens is 584 g/mol. The van der Waals surface area contributed by atoms with E-state index >= 15 is 0 Å². The number of hydrogen-bond donors (Lipinski definition) is 3. The highest BCUT2D eigenvalue weighted by atomic mass is 32.2. The van der Waals surface area contributed by atoms with Crippen molar-refractivity contribution in [3.63, 3.8) is 0 Å². The number of methoxy groups -OCH3 is 3. The Morgan fingerprint density at radius 2 is 1.77 bits per heavy atom. The average Bonchev–Trinajstić information content (AvgIpc) is 3.46. The second-order valence-electron chi connectivity index (χ2n) is 10.9. The highest BCUT2D eigenvalue weighted by molar-refractivity contribution is 7.98.